The highest BCUT2D eigenvalue weighted by Crippen LogP contribution is 2.23. The third-order valence-electron chi connectivity index (χ3n) is 4.29. The SMILES string of the molecule is Cc1ccc(CC2CCN(Cc3ccncc3)C2)cc1F. The van der Waals surface area contributed by atoms with Crippen molar-refractivity contribution in [3.63, 3.8) is 0 Å². The molecule has 3 heteroatoms. The Hall–Kier alpha value is -1.74. The zero-order valence-electron chi connectivity index (χ0n) is 12.4. The van der Waals surface area contributed by atoms with Gasteiger partial charge in [0.1, 0.15) is 5.82 Å². The van der Waals surface area contributed by atoms with Crippen LogP contribution >= 0.6 is 0 Å². The topological polar surface area (TPSA) is 16.1 Å². The Balaban J connectivity index is 1.56. The molecule has 1 saturated heterocycles. The van der Waals surface area contributed by atoms with Gasteiger partial charge in [-0.2, -0.15) is 0 Å². The van der Waals surface area contributed by atoms with Gasteiger partial charge in [0, 0.05) is 25.5 Å². The third kappa shape index (κ3) is 3.67. The summed E-state index contributed by atoms with van der Waals surface area (Å²) in [7, 11) is 0. The Labute approximate surface area is 125 Å². The number of likely N-dealkylation sites (tertiary alicyclic amines) is 1. The average molecular weight is 284 g/mol. The molecule has 2 aromatic rings. The van der Waals surface area contributed by atoms with E-state index in [9.17, 15) is 4.39 Å². The first-order valence-corrected chi connectivity index (χ1v) is 7.57. The predicted octanol–water partition coefficient (Wildman–Crippen LogP) is 3.59. The Kier molecular flexibility index (Phi) is 4.30. The molecule has 0 saturated carbocycles. The summed E-state index contributed by atoms with van der Waals surface area (Å²) in [6.45, 7) is 5.02. The van der Waals surface area contributed by atoms with Crippen LogP contribution in [0.3, 0.4) is 0 Å². The first kappa shape index (κ1) is 14.2. The number of benzene rings is 1. The van der Waals surface area contributed by atoms with E-state index in [2.05, 4.69) is 28.1 Å². The van der Waals surface area contributed by atoms with E-state index in [-0.39, 0.29) is 5.82 Å². The average Bonchev–Trinajstić information content (AvgIpc) is 2.91. The molecule has 0 amide bonds. The molecule has 2 nitrogen and oxygen atoms in total. The number of aromatic nitrogens is 1. The van der Waals surface area contributed by atoms with Gasteiger partial charge in [0.25, 0.3) is 0 Å². The number of pyridine rings is 1. The second-order valence-corrected chi connectivity index (χ2v) is 6.03. The lowest BCUT2D eigenvalue weighted by molar-refractivity contribution is 0.316. The number of nitrogens with zero attached hydrogens (tertiary/aromatic N) is 2. The van der Waals surface area contributed by atoms with Gasteiger partial charge in [0.15, 0.2) is 0 Å². The summed E-state index contributed by atoms with van der Waals surface area (Å²) in [5, 5.41) is 0. The lowest BCUT2D eigenvalue weighted by atomic mass is 9.98. The van der Waals surface area contributed by atoms with Crippen molar-refractivity contribution in [2.45, 2.75) is 26.3 Å². The van der Waals surface area contributed by atoms with Crippen molar-refractivity contribution in [1.29, 1.82) is 0 Å². The standard InChI is InChI=1S/C18H21FN2/c1-14-2-3-16(11-18(14)19)10-17-6-9-21(13-17)12-15-4-7-20-8-5-15/h2-5,7-8,11,17H,6,9-10,12-13H2,1H3. The van der Waals surface area contributed by atoms with Crippen LogP contribution in [-0.2, 0) is 13.0 Å². The van der Waals surface area contributed by atoms with Crippen LogP contribution in [0.5, 0.6) is 0 Å². The first-order chi connectivity index (χ1) is 10.2. The fourth-order valence-corrected chi connectivity index (χ4v) is 3.07. The van der Waals surface area contributed by atoms with Gasteiger partial charge in [-0.25, -0.2) is 4.39 Å². The predicted molar refractivity (Wildman–Crippen MR) is 82.5 cm³/mol. The van der Waals surface area contributed by atoms with E-state index in [1.807, 2.05) is 25.4 Å². The minimum Gasteiger partial charge on any atom is -0.299 e. The largest absolute Gasteiger partial charge is 0.299 e. The summed E-state index contributed by atoms with van der Waals surface area (Å²) in [5.41, 5.74) is 3.16. The summed E-state index contributed by atoms with van der Waals surface area (Å²) in [6.07, 6.45) is 5.86. The van der Waals surface area contributed by atoms with Crippen molar-refractivity contribution < 1.29 is 4.39 Å². The maximum atomic E-state index is 13.6. The molecule has 1 aromatic heterocycles. The Morgan fingerprint density at radius 2 is 2.00 bits per heavy atom. The molecule has 1 unspecified atom stereocenters. The molecular weight excluding hydrogens is 263 g/mol. The molecule has 3 rings (SSSR count). The zero-order chi connectivity index (χ0) is 14.7. The summed E-state index contributed by atoms with van der Waals surface area (Å²) in [5.74, 6) is 0.549. The van der Waals surface area contributed by atoms with E-state index < -0.39 is 0 Å². The van der Waals surface area contributed by atoms with Crippen molar-refractivity contribution in [3.05, 3.63) is 65.2 Å². The van der Waals surface area contributed by atoms with Crippen LogP contribution in [0.25, 0.3) is 0 Å². The molecule has 1 fully saturated rings. The molecule has 0 radical (unpaired) electrons. The summed E-state index contributed by atoms with van der Waals surface area (Å²) in [6, 6.07) is 9.78. The lowest BCUT2D eigenvalue weighted by Crippen LogP contribution is -2.20. The van der Waals surface area contributed by atoms with Gasteiger partial charge in [-0.3, -0.25) is 9.88 Å². The van der Waals surface area contributed by atoms with E-state index in [4.69, 9.17) is 0 Å². The molecule has 21 heavy (non-hydrogen) atoms. The molecule has 0 N–H and O–H groups in total. The summed E-state index contributed by atoms with van der Waals surface area (Å²) in [4.78, 5) is 6.53. The third-order valence-corrected chi connectivity index (χ3v) is 4.29. The van der Waals surface area contributed by atoms with Gasteiger partial charge in [-0.1, -0.05) is 12.1 Å². The second kappa shape index (κ2) is 6.35. The van der Waals surface area contributed by atoms with Crippen molar-refractivity contribution in [2.75, 3.05) is 13.1 Å². The van der Waals surface area contributed by atoms with Crippen molar-refractivity contribution in [2.24, 2.45) is 5.92 Å². The van der Waals surface area contributed by atoms with Crippen LogP contribution in [-0.4, -0.2) is 23.0 Å². The Morgan fingerprint density at radius 1 is 1.19 bits per heavy atom. The summed E-state index contributed by atoms with van der Waals surface area (Å²) >= 11 is 0. The zero-order valence-corrected chi connectivity index (χ0v) is 12.4. The maximum Gasteiger partial charge on any atom is 0.126 e. The van der Waals surface area contributed by atoms with Gasteiger partial charge < -0.3 is 0 Å². The highest BCUT2D eigenvalue weighted by atomic mass is 19.1. The Bertz CT molecular complexity index is 597. The van der Waals surface area contributed by atoms with E-state index in [0.717, 1.165) is 37.2 Å². The lowest BCUT2D eigenvalue weighted by Gasteiger charge is -2.16. The first-order valence-electron chi connectivity index (χ1n) is 7.57. The molecule has 2 heterocycles. The highest BCUT2D eigenvalue weighted by molar-refractivity contribution is 5.23. The van der Waals surface area contributed by atoms with Crippen LogP contribution in [0, 0.1) is 18.7 Å². The van der Waals surface area contributed by atoms with E-state index in [1.54, 1.807) is 6.07 Å². The number of hydrogen-bond acceptors (Lipinski definition) is 2. The van der Waals surface area contributed by atoms with Crippen molar-refractivity contribution >= 4 is 0 Å². The molecule has 0 bridgehead atoms. The van der Waals surface area contributed by atoms with Crippen LogP contribution in [0.2, 0.25) is 0 Å². The van der Waals surface area contributed by atoms with Crippen molar-refractivity contribution in [3.8, 4) is 0 Å². The smallest absolute Gasteiger partial charge is 0.126 e. The van der Waals surface area contributed by atoms with E-state index >= 15 is 0 Å². The number of aryl methyl sites for hydroxylation is 1. The minimum atomic E-state index is -0.0841. The number of halogens is 1. The van der Waals surface area contributed by atoms with E-state index in [1.165, 1.54) is 12.0 Å². The monoisotopic (exact) mass is 284 g/mol. The molecule has 1 aliphatic rings. The van der Waals surface area contributed by atoms with E-state index in [0.29, 0.717) is 5.92 Å². The molecule has 0 aliphatic carbocycles. The molecule has 1 atom stereocenters. The second-order valence-electron chi connectivity index (χ2n) is 6.03. The van der Waals surface area contributed by atoms with Crippen LogP contribution < -0.4 is 0 Å². The fraction of sp³-hybridized carbons (Fsp3) is 0.389. The van der Waals surface area contributed by atoms with Gasteiger partial charge >= 0.3 is 0 Å². The molecule has 0 spiro atoms. The quantitative estimate of drug-likeness (QED) is 0.853. The highest BCUT2D eigenvalue weighted by Gasteiger charge is 2.22. The van der Waals surface area contributed by atoms with Crippen LogP contribution in [0.4, 0.5) is 4.39 Å². The maximum absolute atomic E-state index is 13.6. The number of rotatable bonds is 4. The minimum absolute atomic E-state index is 0.0841. The molecular formula is C18H21FN2. The van der Waals surface area contributed by atoms with Crippen LogP contribution in [0.1, 0.15) is 23.1 Å². The summed E-state index contributed by atoms with van der Waals surface area (Å²) < 4.78 is 13.6. The molecule has 1 aliphatic heterocycles. The molecule has 110 valence electrons. The van der Waals surface area contributed by atoms with Gasteiger partial charge in [-0.15, -0.1) is 0 Å². The van der Waals surface area contributed by atoms with Crippen LogP contribution in [0.15, 0.2) is 42.7 Å². The Morgan fingerprint density at radius 3 is 2.76 bits per heavy atom. The normalized spacial score (nSPS) is 19.0. The number of hydrogen-bond donors (Lipinski definition) is 0. The van der Waals surface area contributed by atoms with Crippen molar-refractivity contribution in [1.82, 2.24) is 9.88 Å². The van der Waals surface area contributed by atoms with Gasteiger partial charge in [-0.05, 0) is 67.1 Å². The fourth-order valence-electron chi connectivity index (χ4n) is 3.07. The van der Waals surface area contributed by atoms with Gasteiger partial charge in [0.2, 0.25) is 0 Å². The van der Waals surface area contributed by atoms with Gasteiger partial charge in [0.05, 0.1) is 0 Å². The molecule has 1 aromatic carbocycles.